The molecule has 8 nitrogen and oxygen atoms in total. The highest BCUT2D eigenvalue weighted by Gasteiger charge is 2.21. The van der Waals surface area contributed by atoms with Crippen LogP contribution >= 0.6 is 0 Å². The summed E-state index contributed by atoms with van der Waals surface area (Å²) in [5, 5.41) is 18.1. The molecule has 0 radical (unpaired) electrons. The normalized spacial score (nSPS) is 12.6. The van der Waals surface area contributed by atoms with Crippen molar-refractivity contribution in [3.05, 3.63) is 30.3 Å². The summed E-state index contributed by atoms with van der Waals surface area (Å²) in [7, 11) is -11.3. The third kappa shape index (κ3) is 3.23. The van der Waals surface area contributed by atoms with Gasteiger partial charge in [0.25, 0.3) is 20.2 Å². The summed E-state index contributed by atoms with van der Waals surface area (Å²) in [4.78, 5) is -1.46. The molecule has 112 valence electrons. The van der Waals surface area contributed by atoms with Gasteiger partial charge in [-0.15, -0.1) is 0 Å². The maximum absolute atomic E-state index is 11.3. The minimum Gasteiger partial charge on any atom is -0.423 e. The number of hydrogen-bond donors (Lipinski definition) is 4. The Morgan fingerprint density at radius 3 is 1.95 bits per heavy atom. The Labute approximate surface area is 120 Å². The highest BCUT2D eigenvalue weighted by Crippen LogP contribution is 2.26. The van der Waals surface area contributed by atoms with Crippen molar-refractivity contribution in [1.29, 1.82) is 0 Å². The molecule has 0 saturated carbocycles. The van der Waals surface area contributed by atoms with Crippen LogP contribution in [-0.2, 0) is 20.2 Å². The molecule has 0 amide bonds. The first kappa shape index (κ1) is 15.9. The lowest BCUT2D eigenvalue weighted by atomic mass is 9.79. The van der Waals surface area contributed by atoms with E-state index >= 15 is 0 Å². The van der Waals surface area contributed by atoms with Crippen molar-refractivity contribution >= 4 is 43.6 Å². The van der Waals surface area contributed by atoms with Crippen LogP contribution in [0, 0.1) is 0 Å². The Bertz CT molecular complexity index is 917. The van der Waals surface area contributed by atoms with Crippen LogP contribution in [0.5, 0.6) is 0 Å². The van der Waals surface area contributed by atoms with E-state index in [2.05, 4.69) is 0 Å². The van der Waals surface area contributed by atoms with Crippen LogP contribution in [0.4, 0.5) is 0 Å². The molecule has 0 unspecified atom stereocenters. The van der Waals surface area contributed by atoms with Crippen molar-refractivity contribution < 1.29 is 36.0 Å². The van der Waals surface area contributed by atoms with E-state index in [0.29, 0.717) is 6.07 Å². The molecule has 0 bridgehead atoms. The molecular weight excluding hydrogens is 323 g/mol. The smallest absolute Gasteiger partial charge is 0.423 e. The number of hydrogen-bond acceptors (Lipinski definition) is 6. The fraction of sp³-hybridized carbons (Fsp3) is 0. The van der Waals surface area contributed by atoms with Crippen molar-refractivity contribution in [2.45, 2.75) is 9.79 Å². The Morgan fingerprint density at radius 1 is 0.857 bits per heavy atom. The van der Waals surface area contributed by atoms with Crippen molar-refractivity contribution in [3.8, 4) is 0 Å². The van der Waals surface area contributed by atoms with Gasteiger partial charge >= 0.3 is 7.12 Å². The van der Waals surface area contributed by atoms with E-state index in [1.165, 1.54) is 12.1 Å². The van der Waals surface area contributed by atoms with Gasteiger partial charge in [0.15, 0.2) is 0 Å². The molecule has 0 spiro atoms. The average Bonchev–Trinajstić information content (AvgIpc) is 2.34. The first-order chi connectivity index (χ1) is 9.50. The van der Waals surface area contributed by atoms with E-state index in [4.69, 9.17) is 19.2 Å². The molecule has 0 heterocycles. The molecule has 2 rings (SSSR count). The average molecular weight is 332 g/mol. The minimum atomic E-state index is -4.75. The molecule has 2 aromatic rings. The van der Waals surface area contributed by atoms with Crippen molar-refractivity contribution in [2.24, 2.45) is 0 Å². The van der Waals surface area contributed by atoms with Crippen molar-refractivity contribution in [1.82, 2.24) is 0 Å². The summed E-state index contributed by atoms with van der Waals surface area (Å²) in [6, 6.07) is 5.08. The Kier molecular flexibility index (Phi) is 3.82. The van der Waals surface area contributed by atoms with E-state index < -0.39 is 37.1 Å². The third-order valence-corrected chi connectivity index (χ3v) is 4.51. The predicted molar refractivity (Wildman–Crippen MR) is 73.4 cm³/mol. The maximum Gasteiger partial charge on any atom is 0.488 e. The molecule has 0 fully saturated rings. The first-order valence-corrected chi connectivity index (χ1v) is 8.27. The lowest BCUT2D eigenvalue weighted by Crippen LogP contribution is -2.29. The zero-order chi connectivity index (χ0) is 16.0. The van der Waals surface area contributed by atoms with Crippen molar-refractivity contribution in [3.63, 3.8) is 0 Å². The SMILES string of the molecule is O=S(=O)(O)c1cc(S(=O)(=O)O)c2ccc(B(O)O)cc2c1. The van der Waals surface area contributed by atoms with Gasteiger partial charge in [0, 0.05) is 5.39 Å². The monoisotopic (exact) mass is 332 g/mol. The molecule has 0 aliphatic carbocycles. The summed E-state index contributed by atoms with van der Waals surface area (Å²) in [6.07, 6.45) is 0. The van der Waals surface area contributed by atoms with Gasteiger partial charge in [0.2, 0.25) is 0 Å². The van der Waals surface area contributed by atoms with Gasteiger partial charge < -0.3 is 10.0 Å². The second-order valence-corrected chi connectivity index (χ2v) is 7.04. The van der Waals surface area contributed by atoms with Crippen LogP contribution in [0.1, 0.15) is 0 Å². The van der Waals surface area contributed by atoms with E-state index in [1.807, 2.05) is 0 Å². The lowest BCUT2D eigenvalue weighted by molar-refractivity contribution is 0.426. The zero-order valence-corrected chi connectivity index (χ0v) is 11.8. The van der Waals surface area contributed by atoms with E-state index in [1.54, 1.807) is 0 Å². The molecule has 0 aromatic heterocycles. The Hall–Kier alpha value is -1.50. The quantitative estimate of drug-likeness (QED) is 0.413. The molecule has 21 heavy (non-hydrogen) atoms. The van der Waals surface area contributed by atoms with Crippen LogP contribution in [0.15, 0.2) is 40.1 Å². The predicted octanol–water partition coefficient (Wildman–Crippen LogP) is -0.987. The molecule has 0 atom stereocenters. The zero-order valence-electron chi connectivity index (χ0n) is 10.2. The number of benzene rings is 2. The summed E-state index contributed by atoms with van der Waals surface area (Å²) < 4.78 is 63.1. The second-order valence-electron chi connectivity index (χ2n) is 4.23. The summed E-state index contributed by atoms with van der Waals surface area (Å²) >= 11 is 0. The molecule has 4 N–H and O–H groups in total. The molecule has 0 saturated heterocycles. The molecule has 0 aliphatic rings. The minimum absolute atomic E-state index is 0.0108. The van der Waals surface area contributed by atoms with Gasteiger partial charge in [-0.2, -0.15) is 16.8 Å². The molecule has 11 heteroatoms. The number of rotatable bonds is 3. The first-order valence-electron chi connectivity index (χ1n) is 5.39. The standard InChI is InChI=1S/C10H9BO8S2/c12-11(13)7-1-2-9-6(3-7)4-8(20(14,15)16)5-10(9)21(17,18)19/h1-5,12-13H,(H,14,15,16)(H,17,18,19). The van der Waals surface area contributed by atoms with Crippen LogP contribution in [0.3, 0.4) is 0 Å². The summed E-state index contributed by atoms with van der Waals surface area (Å²) in [5.41, 5.74) is -0.0173. The van der Waals surface area contributed by atoms with Gasteiger partial charge in [0.05, 0.1) is 4.90 Å². The van der Waals surface area contributed by atoms with Gasteiger partial charge in [0.1, 0.15) is 4.90 Å². The highest BCUT2D eigenvalue weighted by atomic mass is 32.2. The van der Waals surface area contributed by atoms with E-state index in [9.17, 15) is 16.8 Å². The van der Waals surface area contributed by atoms with Gasteiger partial charge in [-0.25, -0.2) is 0 Å². The van der Waals surface area contributed by atoms with Crippen LogP contribution in [-0.4, -0.2) is 43.1 Å². The lowest BCUT2D eigenvalue weighted by Gasteiger charge is -2.08. The molecule has 0 aliphatic heterocycles. The van der Waals surface area contributed by atoms with Crippen LogP contribution in [0.2, 0.25) is 0 Å². The summed E-state index contributed by atoms with van der Waals surface area (Å²) in [5.74, 6) is 0. The van der Waals surface area contributed by atoms with Crippen molar-refractivity contribution in [2.75, 3.05) is 0 Å². The highest BCUT2D eigenvalue weighted by molar-refractivity contribution is 7.86. The molecule has 2 aromatic carbocycles. The van der Waals surface area contributed by atoms with Gasteiger partial charge in [-0.3, -0.25) is 9.11 Å². The van der Waals surface area contributed by atoms with Crippen LogP contribution in [0.25, 0.3) is 10.8 Å². The topological polar surface area (TPSA) is 149 Å². The Balaban J connectivity index is 2.95. The van der Waals surface area contributed by atoms with Gasteiger partial charge in [-0.05, 0) is 23.0 Å². The largest absolute Gasteiger partial charge is 0.488 e. The summed E-state index contributed by atoms with van der Waals surface area (Å²) in [6.45, 7) is 0. The maximum atomic E-state index is 11.3. The molecular formula is C10H9BO8S2. The van der Waals surface area contributed by atoms with E-state index in [0.717, 1.165) is 12.1 Å². The number of fused-ring (bicyclic) bond motifs is 1. The fourth-order valence-electron chi connectivity index (χ4n) is 1.85. The van der Waals surface area contributed by atoms with Gasteiger partial charge in [-0.1, -0.05) is 18.2 Å². The third-order valence-electron chi connectivity index (χ3n) is 2.79. The fourth-order valence-corrected chi connectivity index (χ4v) is 3.21. The second kappa shape index (κ2) is 5.05. The van der Waals surface area contributed by atoms with Crippen LogP contribution < -0.4 is 5.46 Å². The Morgan fingerprint density at radius 2 is 1.48 bits per heavy atom. The van der Waals surface area contributed by atoms with E-state index in [-0.39, 0.29) is 16.2 Å².